The summed E-state index contributed by atoms with van der Waals surface area (Å²) in [6.45, 7) is 3.99. The molecule has 70 valence electrons. The molecule has 1 aromatic rings. The van der Waals surface area contributed by atoms with Gasteiger partial charge in [0, 0.05) is 6.42 Å². The zero-order chi connectivity index (χ0) is 9.68. The van der Waals surface area contributed by atoms with Crippen LogP contribution in [-0.4, -0.2) is 11.2 Å². The first kappa shape index (κ1) is 10.0. The molecule has 0 aliphatic rings. The van der Waals surface area contributed by atoms with Crippen molar-refractivity contribution in [2.45, 2.75) is 26.4 Å². The fraction of sp³-hybridized carbons (Fsp3) is 0.333. The summed E-state index contributed by atoms with van der Waals surface area (Å²) < 4.78 is 0. The van der Waals surface area contributed by atoms with Crippen LogP contribution >= 0.6 is 0 Å². The van der Waals surface area contributed by atoms with Crippen molar-refractivity contribution >= 4 is 0 Å². The standard InChI is InChI=1S/C12H16O/c1-10(2)8-12(13)9-11-6-4-3-5-7-11/h3-8,12-13H,9H2,1-2H3. The van der Waals surface area contributed by atoms with Gasteiger partial charge in [0.2, 0.25) is 0 Å². The summed E-state index contributed by atoms with van der Waals surface area (Å²) in [4.78, 5) is 0. The second kappa shape index (κ2) is 4.83. The average molecular weight is 176 g/mol. The number of hydrogen-bond acceptors (Lipinski definition) is 1. The first-order valence-electron chi connectivity index (χ1n) is 4.55. The van der Waals surface area contributed by atoms with Crippen molar-refractivity contribution in [2.75, 3.05) is 0 Å². The van der Waals surface area contributed by atoms with Crippen molar-refractivity contribution < 1.29 is 5.11 Å². The smallest absolute Gasteiger partial charge is 0.0763 e. The predicted molar refractivity (Wildman–Crippen MR) is 55.6 cm³/mol. The van der Waals surface area contributed by atoms with Crippen molar-refractivity contribution in [1.82, 2.24) is 0 Å². The Morgan fingerprint density at radius 2 is 1.92 bits per heavy atom. The molecule has 1 heteroatoms. The van der Waals surface area contributed by atoms with Crippen LogP contribution in [0.15, 0.2) is 42.0 Å². The van der Waals surface area contributed by atoms with Gasteiger partial charge in [0.1, 0.15) is 0 Å². The minimum Gasteiger partial charge on any atom is -0.389 e. The Morgan fingerprint density at radius 3 is 2.46 bits per heavy atom. The minimum atomic E-state index is -0.354. The highest BCUT2D eigenvalue weighted by atomic mass is 16.3. The van der Waals surface area contributed by atoms with Crippen LogP contribution in [0.3, 0.4) is 0 Å². The maximum Gasteiger partial charge on any atom is 0.0763 e. The topological polar surface area (TPSA) is 20.2 Å². The molecule has 0 saturated heterocycles. The molecular formula is C12H16O. The highest BCUT2D eigenvalue weighted by Gasteiger charge is 2.00. The third-order valence-corrected chi connectivity index (χ3v) is 1.81. The summed E-state index contributed by atoms with van der Waals surface area (Å²) >= 11 is 0. The van der Waals surface area contributed by atoms with Gasteiger partial charge in [0.25, 0.3) is 0 Å². The molecule has 1 nitrogen and oxygen atoms in total. The van der Waals surface area contributed by atoms with Crippen LogP contribution in [0.5, 0.6) is 0 Å². The predicted octanol–water partition coefficient (Wildman–Crippen LogP) is 2.56. The molecule has 1 rings (SSSR count). The number of aliphatic hydroxyl groups is 1. The molecule has 0 aliphatic heterocycles. The van der Waals surface area contributed by atoms with Gasteiger partial charge in [-0.25, -0.2) is 0 Å². The highest BCUT2D eigenvalue weighted by Crippen LogP contribution is 2.05. The van der Waals surface area contributed by atoms with E-state index in [1.54, 1.807) is 0 Å². The summed E-state index contributed by atoms with van der Waals surface area (Å²) in [5.41, 5.74) is 2.33. The van der Waals surface area contributed by atoms with Crippen LogP contribution in [0.1, 0.15) is 19.4 Å². The van der Waals surface area contributed by atoms with Gasteiger partial charge < -0.3 is 5.11 Å². The van der Waals surface area contributed by atoms with Gasteiger partial charge in [-0.05, 0) is 19.4 Å². The molecule has 0 spiro atoms. The Kier molecular flexibility index (Phi) is 3.71. The van der Waals surface area contributed by atoms with Gasteiger partial charge in [-0.2, -0.15) is 0 Å². The normalized spacial score (nSPS) is 12.2. The number of rotatable bonds is 3. The molecule has 0 fully saturated rings. The van der Waals surface area contributed by atoms with E-state index >= 15 is 0 Å². The van der Waals surface area contributed by atoms with Crippen LogP contribution in [0.4, 0.5) is 0 Å². The lowest BCUT2D eigenvalue weighted by Gasteiger charge is -2.05. The molecule has 1 N–H and O–H groups in total. The number of aliphatic hydroxyl groups excluding tert-OH is 1. The molecule has 1 unspecified atom stereocenters. The average Bonchev–Trinajstić information content (AvgIpc) is 2.04. The monoisotopic (exact) mass is 176 g/mol. The largest absolute Gasteiger partial charge is 0.389 e. The molecular weight excluding hydrogens is 160 g/mol. The molecule has 0 aliphatic carbocycles. The first-order chi connectivity index (χ1) is 6.18. The molecule has 0 bridgehead atoms. The van der Waals surface area contributed by atoms with E-state index in [0.717, 1.165) is 5.57 Å². The zero-order valence-corrected chi connectivity index (χ0v) is 8.20. The van der Waals surface area contributed by atoms with Gasteiger partial charge >= 0.3 is 0 Å². The van der Waals surface area contributed by atoms with Crippen molar-refractivity contribution in [3.8, 4) is 0 Å². The maximum absolute atomic E-state index is 9.60. The van der Waals surface area contributed by atoms with Crippen LogP contribution in [0.2, 0.25) is 0 Å². The van der Waals surface area contributed by atoms with Gasteiger partial charge in [0.05, 0.1) is 6.10 Å². The lowest BCUT2D eigenvalue weighted by atomic mass is 10.1. The third-order valence-electron chi connectivity index (χ3n) is 1.81. The molecule has 0 amide bonds. The summed E-state index contributed by atoms with van der Waals surface area (Å²) in [5.74, 6) is 0. The van der Waals surface area contributed by atoms with Gasteiger partial charge in [-0.1, -0.05) is 42.0 Å². The van der Waals surface area contributed by atoms with E-state index in [2.05, 4.69) is 0 Å². The Hall–Kier alpha value is -1.08. The van der Waals surface area contributed by atoms with Crippen LogP contribution in [-0.2, 0) is 6.42 Å². The van der Waals surface area contributed by atoms with E-state index in [0.29, 0.717) is 6.42 Å². The summed E-state index contributed by atoms with van der Waals surface area (Å²) in [6, 6.07) is 10.0. The first-order valence-corrected chi connectivity index (χ1v) is 4.55. The van der Waals surface area contributed by atoms with E-state index < -0.39 is 0 Å². The van der Waals surface area contributed by atoms with Gasteiger partial charge in [-0.3, -0.25) is 0 Å². The molecule has 0 saturated carbocycles. The van der Waals surface area contributed by atoms with Gasteiger partial charge in [0.15, 0.2) is 0 Å². The van der Waals surface area contributed by atoms with Crippen molar-refractivity contribution in [3.63, 3.8) is 0 Å². The number of allylic oxidation sites excluding steroid dienone is 1. The second-order valence-corrected chi connectivity index (χ2v) is 3.50. The fourth-order valence-corrected chi connectivity index (χ4v) is 1.30. The van der Waals surface area contributed by atoms with Gasteiger partial charge in [-0.15, -0.1) is 0 Å². The summed E-state index contributed by atoms with van der Waals surface area (Å²) in [7, 11) is 0. The molecule has 0 heterocycles. The summed E-state index contributed by atoms with van der Waals surface area (Å²) in [5, 5.41) is 9.60. The van der Waals surface area contributed by atoms with Crippen LogP contribution < -0.4 is 0 Å². The second-order valence-electron chi connectivity index (χ2n) is 3.50. The van der Waals surface area contributed by atoms with E-state index in [-0.39, 0.29) is 6.10 Å². The van der Waals surface area contributed by atoms with E-state index in [9.17, 15) is 5.11 Å². The Morgan fingerprint density at radius 1 is 1.31 bits per heavy atom. The van der Waals surface area contributed by atoms with E-state index in [4.69, 9.17) is 0 Å². The summed E-state index contributed by atoms with van der Waals surface area (Å²) in [6.07, 6.45) is 2.23. The molecule has 1 aromatic carbocycles. The van der Waals surface area contributed by atoms with Crippen molar-refractivity contribution in [3.05, 3.63) is 47.5 Å². The minimum absolute atomic E-state index is 0.354. The van der Waals surface area contributed by atoms with Crippen molar-refractivity contribution in [2.24, 2.45) is 0 Å². The maximum atomic E-state index is 9.60. The molecule has 13 heavy (non-hydrogen) atoms. The highest BCUT2D eigenvalue weighted by molar-refractivity contribution is 5.17. The number of benzene rings is 1. The van der Waals surface area contributed by atoms with Crippen LogP contribution in [0, 0.1) is 0 Å². The van der Waals surface area contributed by atoms with Crippen LogP contribution in [0.25, 0.3) is 0 Å². The Bertz CT molecular complexity index is 270. The SMILES string of the molecule is CC(C)=CC(O)Cc1ccccc1. The van der Waals surface area contributed by atoms with E-state index in [1.807, 2.05) is 50.3 Å². The zero-order valence-electron chi connectivity index (χ0n) is 8.20. The molecule has 1 atom stereocenters. The lowest BCUT2D eigenvalue weighted by Crippen LogP contribution is -2.06. The third kappa shape index (κ3) is 3.90. The Balaban J connectivity index is 2.55. The van der Waals surface area contributed by atoms with Crippen molar-refractivity contribution in [1.29, 1.82) is 0 Å². The lowest BCUT2D eigenvalue weighted by molar-refractivity contribution is 0.223. The fourth-order valence-electron chi connectivity index (χ4n) is 1.30. The molecule has 0 radical (unpaired) electrons. The quantitative estimate of drug-likeness (QED) is 0.702. The van der Waals surface area contributed by atoms with E-state index in [1.165, 1.54) is 5.56 Å². The number of hydrogen-bond donors (Lipinski definition) is 1. The Labute approximate surface area is 79.7 Å². The molecule has 0 aromatic heterocycles.